The van der Waals surface area contributed by atoms with Gasteiger partial charge in [-0.25, -0.2) is 4.79 Å². The van der Waals surface area contributed by atoms with Gasteiger partial charge in [0, 0.05) is 24.9 Å². The van der Waals surface area contributed by atoms with Gasteiger partial charge in [-0.05, 0) is 18.9 Å². The Labute approximate surface area is 171 Å². The van der Waals surface area contributed by atoms with E-state index in [9.17, 15) is 15.0 Å². The van der Waals surface area contributed by atoms with E-state index in [-0.39, 0.29) is 12.6 Å². The quantitative estimate of drug-likeness (QED) is 0.540. The van der Waals surface area contributed by atoms with E-state index in [2.05, 4.69) is 5.32 Å². The summed E-state index contributed by atoms with van der Waals surface area (Å²) in [7, 11) is 0. The van der Waals surface area contributed by atoms with Crippen molar-refractivity contribution in [2.45, 2.75) is 62.9 Å². The van der Waals surface area contributed by atoms with Crippen LogP contribution in [0.3, 0.4) is 0 Å². The number of ether oxygens (including phenoxy) is 4. The summed E-state index contributed by atoms with van der Waals surface area (Å²) in [6, 6.07) is 9.08. The summed E-state index contributed by atoms with van der Waals surface area (Å²) >= 11 is 0. The highest BCUT2D eigenvalue weighted by molar-refractivity contribution is 5.75. The van der Waals surface area contributed by atoms with Gasteiger partial charge in [0.2, 0.25) is 0 Å². The summed E-state index contributed by atoms with van der Waals surface area (Å²) in [5.74, 6) is -1.70. The first kappa shape index (κ1) is 22.1. The lowest BCUT2D eigenvalue weighted by Crippen LogP contribution is -2.63. The van der Waals surface area contributed by atoms with Crippen LogP contribution in [0, 0.1) is 0 Å². The molecule has 8 nitrogen and oxygen atoms in total. The molecule has 4 atom stereocenters. The molecule has 2 fully saturated rings. The lowest BCUT2D eigenvalue weighted by Gasteiger charge is -2.47. The van der Waals surface area contributed by atoms with Gasteiger partial charge in [0.15, 0.2) is 11.9 Å². The third-order valence-corrected chi connectivity index (χ3v) is 5.25. The summed E-state index contributed by atoms with van der Waals surface area (Å²) in [6.07, 6.45) is -1.31. The Morgan fingerprint density at radius 2 is 1.97 bits per heavy atom. The van der Waals surface area contributed by atoms with Crippen molar-refractivity contribution in [3.05, 3.63) is 35.9 Å². The van der Waals surface area contributed by atoms with Crippen molar-refractivity contribution in [3.63, 3.8) is 0 Å². The number of aliphatic hydroxyl groups is 2. The Morgan fingerprint density at radius 1 is 1.24 bits per heavy atom. The van der Waals surface area contributed by atoms with Gasteiger partial charge in [0.1, 0.15) is 6.10 Å². The third kappa shape index (κ3) is 5.97. The maximum Gasteiger partial charge on any atom is 0.337 e. The number of benzene rings is 1. The van der Waals surface area contributed by atoms with E-state index in [1.165, 1.54) is 0 Å². The summed E-state index contributed by atoms with van der Waals surface area (Å²) in [5, 5.41) is 24.1. The summed E-state index contributed by atoms with van der Waals surface area (Å²) < 4.78 is 22.6. The predicted octanol–water partition coefficient (Wildman–Crippen LogP) is 0.742. The minimum atomic E-state index is -1.64. The highest BCUT2D eigenvalue weighted by Gasteiger charge is 2.47. The highest BCUT2D eigenvalue weighted by Crippen LogP contribution is 2.34. The lowest BCUT2D eigenvalue weighted by atomic mass is 9.87. The standard InChI is InChI=1S/C21H31NO7/c1-2-27-20(25)19(24)18(23)17-12-21(28-9-6-10-29-21)11-16(22-17)14-26-13-15-7-4-3-5-8-15/h3-5,7-8,16-19,22-24H,2,6,9-14H2,1H3/t16-,17+,18+,19-/m0/s1. The van der Waals surface area contributed by atoms with Gasteiger partial charge in [0.05, 0.1) is 33.0 Å². The van der Waals surface area contributed by atoms with Crippen LogP contribution < -0.4 is 5.32 Å². The molecule has 3 N–H and O–H groups in total. The molecule has 0 aromatic heterocycles. The van der Waals surface area contributed by atoms with Crippen molar-refractivity contribution < 1.29 is 34.0 Å². The first-order valence-electron chi connectivity index (χ1n) is 10.2. The second-order valence-electron chi connectivity index (χ2n) is 7.53. The minimum absolute atomic E-state index is 0.132. The maximum absolute atomic E-state index is 11.9. The van der Waals surface area contributed by atoms with E-state index in [1.807, 2.05) is 30.3 Å². The zero-order valence-electron chi connectivity index (χ0n) is 16.8. The molecule has 2 heterocycles. The topological polar surface area (TPSA) is 106 Å². The molecule has 0 radical (unpaired) electrons. The number of hydrogen-bond donors (Lipinski definition) is 3. The van der Waals surface area contributed by atoms with Gasteiger partial charge in [-0.15, -0.1) is 0 Å². The largest absolute Gasteiger partial charge is 0.464 e. The molecule has 0 bridgehead atoms. The summed E-state index contributed by atoms with van der Waals surface area (Å²) in [6.45, 7) is 3.76. The molecule has 0 unspecified atom stereocenters. The third-order valence-electron chi connectivity index (χ3n) is 5.25. The van der Waals surface area contributed by atoms with Crippen LogP contribution in [0.1, 0.15) is 31.7 Å². The van der Waals surface area contributed by atoms with Crippen molar-refractivity contribution >= 4 is 5.97 Å². The Balaban J connectivity index is 1.63. The van der Waals surface area contributed by atoms with Crippen LogP contribution in [0.4, 0.5) is 0 Å². The zero-order chi connectivity index (χ0) is 20.7. The molecule has 3 rings (SSSR count). The number of hydrogen-bond acceptors (Lipinski definition) is 8. The summed E-state index contributed by atoms with van der Waals surface area (Å²) in [5.41, 5.74) is 1.07. The van der Waals surface area contributed by atoms with Crippen molar-refractivity contribution in [1.82, 2.24) is 5.32 Å². The second-order valence-corrected chi connectivity index (χ2v) is 7.53. The van der Waals surface area contributed by atoms with Crippen molar-refractivity contribution in [2.24, 2.45) is 0 Å². The molecular formula is C21H31NO7. The van der Waals surface area contributed by atoms with E-state index in [0.717, 1.165) is 12.0 Å². The molecule has 162 valence electrons. The average molecular weight is 409 g/mol. The van der Waals surface area contributed by atoms with Gasteiger partial charge < -0.3 is 34.5 Å². The molecule has 0 amide bonds. The molecule has 2 aliphatic rings. The monoisotopic (exact) mass is 409 g/mol. The first-order chi connectivity index (χ1) is 14.0. The molecule has 1 aromatic rings. The van der Waals surface area contributed by atoms with Crippen LogP contribution in [0.5, 0.6) is 0 Å². The molecule has 0 aliphatic carbocycles. The number of rotatable bonds is 8. The highest BCUT2D eigenvalue weighted by atomic mass is 16.7. The van der Waals surface area contributed by atoms with Crippen molar-refractivity contribution in [3.8, 4) is 0 Å². The Morgan fingerprint density at radius 3 is 2.66 bits per heavy atom. The Bertz CT molecular complexity index is 635. The molecular weight excluding hydrogens is 378 g/mol. The van der Waals surface area contributed by atoms with Crippen molar-refractivity contribution in [1.29, 1.82) is 0 Å². The van der Waals surface area contributed by atoms with Crippen LogP contribution in [0.2, 0.25) is 0 Å². The normalized spacial score (nSPS) is 26.0. The fraction of sp³-hybridized carbons (Fsp3) is 0.667. The zero-order valence-corrected chi connectivity index (χ0v) is 16.8. The number of nitrogens with one attached hydrogen (secondary N) is 1. The van der Waals surface area contributed by atoms with Crippen LogP contribution in [-0.2, 0) is 30.3 Å². The average Bonchev–Trinajstić information content (AvgIpc) is 2.74. The van der Waals surface area contributed by atoms with E-state index in [0.29, 0.717) is 39.3 Å². The van der Waals surface area contributed by atoms with Crippen LogP contribution in [0.15, 0.2) is 30.3 Å². The molecule has 1 aromatic carbocycles. The maximum atomic E-state index is 11.9. The van der Waals surface area contributed by atoms with Crippen LogP contribution in [-0.4, -0.2) is 72.7 Å². The first-order valence-corrected chi connectivity index (χ1v) is 10.2. The number of carbonyl (C=O) groups is 1. The van der Waals surface area contributed by atoms with E-state index < -0.39 is 30.0 Å². The van der Waals surface area contributed by atoms with E-state index in [1.54, 1.807) is 6.92 Å². The molecule has 1 spiro atoms. The molecule has 0 saturated carbocycles. The van der Waals surface area contributed by atoms with Crippen LogP contribution >= 0.6 is 0 Å². The van der Waals surface area contributed by atoms with Crippen LogP contribution in [0.25, 0.3) is 0 Å². The fourth-order valence-corrected chi connectivity index (χ4v) is 3.87. The van der Waals surface area contributed by atoms with Gasteiger partial charge >= 0.3 is 5.97 Å². The predicted molar refractivity (Wildman–Crippen MR) is 104 cm³/mol. The van der Waals surface area contributed by atoms with Gasteiger partial charge in [0.25, 0.3) is 0 Å². The molecule has 2 saturated heterocycles. The van der Waals surface area contributed by atoms with Gasteiger partial charge in [-0.3, -0.25) is 0 Å². The molecule has 29 heavy (non-hydrogen) atoms. The van der Waals surface area contributed by atoms with E-state index >= 15 is 0 Å². The minimum Gasteiger partial charge on any atom is -0.464 e. The number of aliphatic hydroxyl groups excluding tert-OH is 2. The Kier molecular flexibility index (Phi) is 7.99. The smallest absolute Gasteiger partial charge is 0.337 e. The number of piperidine rings is 1. The Hall–Kier alpha value is -1.55. The van der Waals surface area contributed by atoms with Gasteiger partial charge in [-0.2, -0.15) is 0 Å². The van der Waals surface area contributed by atoms with E-state index in [4.69, 9.17) is 18.9 Å². The van der Waals surface area contributed by atoms with Gasteiger partial charge in [-0.1, -0.05) is 30.3 Å². The SMILES string of the molecule is CCOC(=O)[C@@H](O)[C@H](O)[C@H]1CC2(C[C@@H](COCc3ccccc3)N1)OCCCO2. The summed E-state index contributed by atoms with van der Waals surface area (Å²) in [4.78, 5) is 11.9. The number of esters is 1. The fourth-order valence-electron chi connectivity index (χ4n) is 3.87. The molecule has 2 aliphatic heterocycles. The number of carbonyl (C=O) groups excluding carboxylic acids is 1. The second kappa shape index (κ2) is 10.5. The van der Waals surface area contributed by atoms with Crippen molar-refractivity contribution in [2.75, 3.05) is 26.4 Å². The lowest BCUT2D eigenvalue weighted by molar-refractivity contribution is -0.291. The molecule has 8 heteroatoms.